The van der Waals surface area contributed by atoms with Crippen LogP contribution in [0.2, 0.25) is 0 Å². The molecule has 28 heavy (non-hydrogen) atoms. The first kappa shape index (κ1) is 18.2. The van der Waals surface area contributed by atoms with Crippen LogP contribution in [0.25, 0.3) is 22.2 Å². The molecular weight excluding hydrogens is 356 g/mol. The van der Waals surface area contributed by atoms with Crippen molar-refractivity contribution in [1.82, 2.24) is 20.3 Å². The summed E-state index contributed by atoms with van der Waals surface area (Å²) in [5.41, 5.74) is 2.05. The lowest BCUT2D eigenvalue weighted by atomic mass is 10.1. The summed E-state index contributed by atoms with van der Waals surface area (Å²) in [6.07, 6.45) is 0. The minimum Gasteiger partial charge on any atom is -0.355 e. The van der Waals surface area contributed by atoms with Gasteiger partial charge in [0, 0.05) is 37.3 Å². The predicted octanol–water partition coefficient (Wildman–Crippen LogP) is 2.00. The summed E-state index contributed by atoms with van der Waals surface area (Å²) in [4.78, 5) is 28.8. The van der Waals surface area contributed by atoms with Gasteiger partial charge in [-0.25, -0.2) is 0 Å². The minimum absolute atomic E-state index is 0.00420. The molecular formula is C21H22N4O3. The summed E-state index contributed by atoms with van der Waals surface area (Å²) < 4.78 is 5.48. The highest BCUT2D eigenvalue weighted by molar-refractivity contribution is 6.02. The fraction of sp³-hybridized carbons (Fsp3) is 0.286. The Morgan fingerprint density at radius 2 is 1.82 bits per heavy atom. The molecule has 0 spiro atoms. The number of likely N-dealkylation sites (N-methyl/N-ethyl adjacent to an activating group) is 1. The summed E-state index contributed by atoms with van der Waals surface area (Å²) in [5.74, 6) is 0.279. The number of piperazine rings is 1. The molecule has 1 aliphatic heterocycles. The van der Waals surface area contributed by atoms with E-state index in [4.69, 9.17) is 4.52 Å². The smallest absolute Gasteiger partial charge is 0.251 e. The number of nitrogens with zero attached hydrogens (tertiary/aromatic N) is 3. The van der Waals surface area contributed by atoms with E-state index in [1.165, 1.54) is 0 Å². The Morgan fingerprint density at radius 1 is 1.07 bits per heavy atom. The van der Waals surface area contributed by atoms with Crippen molar-refractivity contribution in [1.29, 1.82) is 0 Å². The largest absolute Gasteiger partial charge is 0.355 e. The normalized spacial score (nSPS) is 15.0. The van der Waals surface area contributed by atoms with Crippen molar-refractivity contribution in [3.63, 3.8) is 0 Å². The third-order valence-electron chi connectivity index (χ3n) is 5.03. The standard InChI is InChI=1S/C21H22N4O3/c1-24-9-11-25(12-10-24)19(26)14-22-21(27)16-7-8-18-17(13-16)20(28-23-18)15-5-3-2-4-6-15/h2-8,13H,9-12,14H2,1H3,(H,22,27). The van der Waals surface area contributed by atoms with Gasteiger partial charge >= 0.3 is 0 Å². The molecule has 0 atom stereocenters. The van der Waals surface area contributed by atoms with E-state index in [9.17, 15) is 9.59 Å². The zero-order valence-corrected chi connectivity index (χ0v) is 15.7. The molecule has 2 amide bonds. The van der Waals surface area contributed by atoms with Gasteiger partial charge in [0.2, 0.25) is 5.91 Å². The number of hydrogen-bond donors (Lipinski definition) is 1. The number of carbonyl (C=O) groups is 2. The number of aromatic nitrogens is 1. The van der Waals surface area contributed by atoms with Gasteiger partial charge in [-0.3, -0.25) is 9.59 Å². The lowest BCUT2D eigenvalue weighted by molar-refractivity contribution is -0.131. The van der Waals surface area contributed by atoms with E-state index in [2.05, 4.69) is 15.4 Å². The highest BCUT2D eigenvalue weighted by Crippen LogP contribution is 2.29. The monoisotopic (exact) mass is 378 g/mol. The van der Waals surface area contributed by atoms with Crippen LogP contribution in [-0.4, -0.2) is 66.5 Å². The van der Waals surface area contributed by atoms with Crippen molar-refractivity contribution < 1.29 is 14.1 Å². The van der Waals surface area contributed by atoms with Crippen LogP contribution in [0.15, 0.2) is 53.1 Å². The molecule has 1 aromatic heterocycles. The van der Waals surface area contributed by atoms with Crippen LogP contribution < -0.4 is 5.32 Å². The molecule has 0 bridgehead atoms. The molecule has 2 heterocycles. The molecule has 7 nitrogen and oxygen atoms in total. The molecule has 7 heteroatoms. The van der Waals surface area contributed by atoms with E-state index in [-0.39, 0.29) is 18.4 Å². The third-order valence-corrected chi connectivity index (χ3v) is 5.03. The number of amides is 2. The number of carbonyl (C=O) groups excluding carboxylic acids is 2. The SMILES string of the molecule is CN1CCN(C(=O)CNC(=O)c2ccc3noc(-c4ccccc4)c3c2)CC1. The van der Waals surface area contributed by atoms with Gasteiger partial charge in [0.1, 0.15) is 5.52 Å². The van der Waals surface area contributed by atoms with Crippen LogP contribution in [0.3, 0.4) is 0 Å². The van der Waals surface area contributed by atoms with E-state index in [0.29, 0.717) is 29.9 Å². The maximum Gasteiger partial charge on any atom is 0.251 e. The van der Waals surface area contributed by atoms with Crippen LogP contribution in [-0.2, 0) is 4.79 Å². The van der Waals surface area contributed by atoms with Gasteiger partial charge in [0.25, 0.3) is 5.91 Å². The number of hydrogen-bond acceptors (Lipinski definition) is 5. The lowest BCUT2D eigenvalue weighted by Crippen LogP contribution is -2.50. The Kier molecular flexibility index (Phi) is 5.08. The summed E-state index contributed by atoms with van der Waals surface area (Å²) in [7, 11) is 2.04. The topological polar surface area (TPSA) is 78.7 Å². The minimum atomic E-state index is -0.287. The summed E-state index contributed by atoms with van der Waals surface area (Å²) in [6.45, 7) is 3.09. The van der Waals surface area contributed by atoms with E-state index >= 15 is 0 Å². The van der Waals surface area contributed by atoms with Gasteiger partial charge in [0.05, 0.1) is 11.9 Å². The molecule has 3 aromatic rings. The first-order chi connectivity index (χ1) is 13.6. The Morgan fingerprint density at radius 3 is 2.57 bits per heavy atom. The molecule has 1 N–H and O–H groups in total. The van der Waals surface area contributed by atoms with E-state index in [0.717, 1.165) is 24.0 Å². The molecule has 0 saturated carbocycles. The first-order valence-electron chi connectivity index (χ1n) is 9.31. The van der Waals surface area contributed by atoms with Crippen LogP contribution in [0, 0.1) is 0 Å². The molecule has 0 radical (unpaired) electrons. The van der Waals surface area contributed by atoms with E-state index in [1.54, 1.807) is 23.1 Å². The van der Waals surface area contributed by atoms with Crippen LogP contribution in [0.5, 0.6) is 0 Å². The Bertz CT molecular complexity index is 991. The highest BCUT2D eigenvalue weighted by Gasteiger charge is 2.20. The number of nitrogens with one attached hydrogen (secondary N) is 1. The number of benzene rings is 2. The molecule has 1 fully saturated rings. The molecule has 0 aliphatic carbocycles. The Balaban J connectivity index is 1.46. The molecule has 0 unspecified atom stereocenters. The summed E-state index contributed by atoms with van der Waals surface area (Å²) in [5, 5.41) is 7.56. The summed E-state index contributed by atoms with van der Waals surface area (Å²) in [6, 6.07) is 14.8. The Hall–Kier alpha value is -3.19. The lowest BCUT2D eigenvalue weighted by Gasteiger charge is -2.32. The third kappa shape index (κ3) is 3.75. The van der Waals surface area contributed by atoms with E-state index < -0.39 is 0 Å². The number of rotatable bonds is 4. The first-order valence-corrected chi connectivity index (χ1v) is 9.31. The average molecular weight is 378 g/mol. The van der Waals surface area contributed by atoms with Crippen molar-refractivity contribution in [3.8, 4) is 11.3 Å². The van der Waals surface area contributed by atoms with Gasteiger partial charge in [-0.15, -0.1) is 0 Å². The van der Waals surface area contributed by atoms with Gasteiger partial charge in [-0.05, 0) is 25.2 Å². The Labute approximate surface area is 162 Å². The van der Waals surface area contributed by atoms with Crippen LogP contribution in [0.1, 0.15) is 10.4 Å². The second kappa shape index (κ2) is 7.82. The molecule has 2 aromatic carbocycles. The summed E-state index contributed by atoms with van der Waals surface area (Å²) >= 11 is 0. The van der Waals surface area contributed by atoms with Crippen molar-refractivity contribution in [2.45, 2.75) is 0 Å². The maximum absolute atomic E-state index is 12.6. The maximum atomic E-state index is 12.6. The van der Waals surface area contributed by atoms with Gasteiger partial charge in [-0.2, -0.15) is 0 Å². The second-order valence-electron chi connectivity index (χ2n) is 6.98. The van der Waals surface area contributed by atoms with Gasteiger partial charge in [0.15, 0.2) is 5.76 Å². The molecule has 1 aliphatic rings. The predicted molar refractivity (Wildman–Crippen MR) is 106 cm³/mol. The van der Waals surface area contributed by atoms with Crippen molar-refractivity contribution in [2.75, 3.05) is 39.8 Å². The van der Waals surface area contributed by atoms with Gasteiger partial charge in [-0.1, -0.05) is 35.5 Å². The average Bonchev–Trinajstić information content (AvgIpc) is 3.16. The van der Waals surface area contributed by atoms with Crippen molar-refractivity contribution in [2.24, 2.45) is 0 Å². The molecule has 144 valence electrons. The molecule has 4 rings (SSSR count). The van der Waals surface area contributed by atoms with Crippen molar-refractivity contribution in [3.05, 3.63) is 54.1 Å². The van der Waals surface area contributed by atoms with Gasteiger partial charge < -0.3 is 19.6 Å². The highest BCUT2D eigenvalue weighted by atomic mass is 16.5. The quantitative estimate of drug-likeness (QED) is 0.751. The second-order valence-corrected chi connectivity index (χ2v) is 6.98. The van der Waals surface area contributed by atoms with Crippen LogP contribution >= 0.6 is 0 Å². The van der Waals surface area contributed by atoms with Crippen LogP contribution in [0.4, 0.5) is 0 Å². The molecule has 1 saturated heterocycles. The fourth-order valence-corrected chi connectivity index (χ4v) is 3.31. The van der Waals surface area contributed by atoms with E-state index in [1.807, 2.05) is 37.4 Å². The number of fused-ring (bicyclic) bond motifs is 1. The van der Waals surface area contributed by atoms with Crippen molar-refractivity contribution >= 4 is 22.7 Å². The fourth-order valence-electron chi connectivity index (χ4n) is 3.31. The zero-order valence-electron chi connectivity index (χ0n) is 15.7. The zero-order chi connectivity index (χ0) is 19.5.